The maximum absolute atomic E-state index is 15.8. The summed E-state index contributed by atoms with van der Waals surface area (Å²) < 4.78 is 25.5. The second-order valence-corrected chi connectivity index (χ2v) is 18.8. The van der Waals surface area contributed by atoms with E-state index in [0.29, 0.717) is 18.4 Å². The molecule has 2 aliphatic carbocycles. The predicted octanol–water partition coefficient (Wildman–Crippen LogP) is 3.54. The second kappa shape index (κ2) is 17.8. The van der Waals surface area contributed by atoms with Gasteiger partial charge in [0.25, 0.3) is 0 Å². The fourth-order valence-electron chi connectivity index (χ4n) is 9.96. The van der Waals surface area contributed by atoms with E-state index in [1.54, 1.807) is 48.0 Å². The van der Waals surface area contributed by atoms with E-state index in [0.717, 1.165) is 22.3 Å². The Hall–Kier alpha value is -5.45. The molecule has 3 heterocycles. The Bertz CT molecular complexity index is 2270. The van der Waals surface area contributed by atoms with Crippen LogP contribution in [-0.4, -0.2) is 131 Å². The van der Waals surface area contributed by atoms with E-state index in [1.165, 1.54) is 20.9 Å². The first-order chi connectivity index (χ1) is 30.5. The zero-order chi connectivity index (χ0) is 45.6. The number of fused-ring (bicyclic) bond motifs is 5. The van der Waals surface area contributed by atoms with Gasteiger partial charge in [-0.05, 0) is 61.1 Å². The standard InChI is InChI=1S/C49H58N4O11/c1-47(2,3)61-39(56)23-21-35(29-54)50-44(57)36(24-30-14-8-7-9-15-30)52(6)46(59)49-27-37-40-41(63-48(62-40)25-32-17-11-12-18-33(32)26-48)43(49)64-53(42(49)45(58)60-37)28-34-19-13-10-16-31(34)20-22-38(55)51(4)5/h7-20,22,35-37,40-43,54H,21,23-29H2,1-6H3,(H,50,57)/t35-,36+,37-,40-,41-,42-,43+,49-/m0/s1. The van der Waals surface area contributed by atoms with Crippen molar-refractivity contribution in [3.05, 3.63) is 113 Å². The molecule has 0 aromatic heterocycles. The number of nitrogens with zero attached hydrogens (tertiary/aromatic N) is 3. The van der Waals surface area contributed by atoms with Crippen LogP contribution in [0.3, 0.4) is 0 Å². The van der Waals surface area contributed by atoms with Gasteiger partial charge < -0.3 is 39.2 Å². The minimum atomic E-state index is -1.61. The zero-order valence-corrected chi connectivity index (χ0v) is 37.2. The summed E-state index contributed by atoms with van der Waals surface area (Å²) in [5.41, 5.74) is 2.06. The number of amides is 3. The van der Waals surface area contributed by atoms with Crippen molar-refractivity contribution in [1.82, 2.24) is 20.2 Å². The molecule has 5 aliphatic rings. The molecule has 1 spiro atoms. The van der Waals surface area contributed by atoms with Crippen molar-refractivity contribution in [1.29, 1.82) is 0 Å². The number of hydrogen-bond acceptors (Lipinski definition) is 12. The van der Waals surface area contributed by atoms with Gasteiger partial charge in [0, 0.05) is 59.3 Å². The molecule has 3 aromatic carbocycles. The third-order valence-corrected chi connectivity index (χ3v) is 13.0. The molecular weight excluding hydrogens is 821 g/mol. The molecule has 0 radical (unpaired) electrons. The van der Waals surface area contributed by atoms with Crippen LogP contribution in [-0.2, 0) is 73.6 Å². The Kier molecular flexibility index (Phi) is 12.6. The van der Waals surface area contributed by atoms with E-state index in [1.807, 2.05) is 78.9 Å². The average Bonchev–Trinajstić information content (AvgIpc) is 3.94. The van der Waals surface area contributed by atoms with Gasteiger partial charge in [-0.1, -0.05) is 78.9 Å². The van der Waals surface area contributed by atoms with Crippen molar-refractivity contribution < 1.29 is 52.9 Å². The third-order valence-electron chi connectivity index (χ3n) is 13.0. The van der Waals surface area contributed by atoms with Gasteiger partial charge in [0.15, 0.2) is 11.8 Å². The normalized spacial score (nSPS) is 26.2. The first kappa shape index (κ1) is 45.1. The van der Waals surface area contributed by atoms with Crippen LogP contribution in [0.4, 0.5) is 0 Å². The maximum atomic E-state index is 15.8. The number of hydroxylamine groups is 2. The van der Waals surface area contributed by atoms with Crippen molar-refractivity contribution in [3.8, 4) is 0 Å². The molecule has 3 amide bonds. The van der Waals surface area contributed by atoms with Gasteiger partial charge in [-0.25, -0.2) is 0 Å². The minimum Gasteiger partial charge on any atom is -0.460 e. The highest BCUT2D eigenvalue weighted by atomic mass is 16.8. The lowest BCUT2D eigenvalue weighted by Crippen LogP contribution is -2.70. The molecule has 8 atom stereocenters. The molecule has 3 aliphatic heterocycles. The lowest BCUT2D eigenvalue weighted by molar-refractivity contribution is -0.218. The second-order valence-electron chi connectivity index (χ2n) is 18.8. The Morgan fingerprint density at radius 1 is 0.938 bits per heavy atom. The number of ether oxygens (including phenoxy) is 4. The Morgan fingerprint density at radius 2 is 1.59 bits per heavy atom. The lowest BCUT2D eigenvalue weighted by Gasteiger charge is -2.50. The highest BCUT2D eigenvalue weighted by molar-refractivity contribution is 5.96. The molecule has 0 unspecified atom stereocenters. The molecule has 1 saturated carbocycles. The molecule has 3 saturated heterocycles. The van der Waals surface area contributed by atoms with Crippen molar-refractivity contribution >= 4 is 35.7 Å². The van der Waals surface area contributed by atoms with Gasteiger partial charge in [-0.3, -0.25) is 28.8 Å². The van der Waals surface area contributed by atoms with Crippen LogP contribution in [0.2, 0.25) is 0 Å². The third kappa shape index (κ3) is 8.83. The molecular formula is C49H58N4O11. The molecule has 340 valence electrons. The largest absolute Gasteiger partial charge is 0.460 e. The number of rotatable bonds is 14. The maximum Gasteiger partial charge on any atom is 0.327 e. The van der Waals surface area contributed by atoms with Gasteiger partial charge >= 0.3 is 11.9 Å². The molecule has 2 bridgehead atoms. The van der Waals surface area contributed by atoms with Gasteiger partial charge in [0.2, 0.25) is 17.7 Å². The lowest BCUT2D eigenvalue weighted by atomic mass is 9.62. The number of aliphatic hydroxyl groups excluding tert-OH is 1. The number of carbonyl (C=O) groups is 5. The van der Waals surface area contributed by atoms with E-state index >= 15 is 4.79 Å². The first-order valence-corrected chi connectivity index (χ1v) is 22.0. The van der Waals surface area contributed by atoms with Gasteiger partial charge in [-0.15, -0.1) is 0 Å². The predicted molar refractivity (Wildman–Crippen MR) is 232 cm³/mol. The number of benzene rings is 3. The smallest absolute Gasteiger partial charge is 0.327 e. The summed E-state index contributed by atoms with van der Waals surface area (Å²) in [6.45, 7) is 4.87. The van der Waals surface area contributed by atoms with Crippen LogP contribution in [0.25, 0.3) is 6.08 Å². The SMILES string of the molecule is CN(C)C(=O)C=Cc1ccccc1CN1O[C@@H]2[C@H]3OC4(Cc5ccccc5C4)O[C@H]3[C@@H]3C[C@]2(C(=O)N(C)[C@H](Cc2ccccc2)C(=O)N[C@H](CO)CCC(=O)OC(C)(C)C)[C@@H]1C(=O)O3. The zero-order valence-electron chi connectivity index (χ0n) is 37.2. The molecule has 15 heteroatoms. The number of hydrogen-bond donors (Lipinski definition) is 2. The van der Waals surface area contributed by atoms with Crippen molar-refractivity contribution in [2.75, 3.05) is 27.7 Å². The van der Waals surface area contributed by atoms with Gasteiger partial charge in [0.05, 0.1) is 19.2 Å². The summed E-state index contributed by atoms with van der Waals surface area (Å²) in [5.74, 6) is -3.48. The Labute approximate surface area is 373 Å². The summed E-state index contributed by atoms with van der Waals surface area (Å²) in [6.07, 6.45) is 0.781. The summed E-state index contributed by atoms with van der Waals surface area (Å²) >= 11 is 0. The van der Waals surface area contributed by atoms with E-state index in [4.69, 9.17) is 23.8 Å². The number of carbonyl (C=O) groups excluding carboxylic acids is 5. The molecule has 2 N–H and O–H groups in total. The van der Waals surface area contributed by atoms with Crippen LogP contribution in [0, 0.1) is 5.41 Å². The summed E-state index contributed by atoms with van der Waals surface area (Å²) in [7, 11) is 4.87. The number of aliphatic hydroxyl groups is 1. The van der Waals surface area contributed by atoms with Crippen LogP contribution in [0.1, 0.15) is 67.9 Å². The van der Waals surface area contributed by atoms with Crippen molar-refractivity contribution in [3.63, 3.8) is 0 Å². The molecule has 8 rings (SSSR count). The summed E-state index contributed by atoms with van der Waals surface area (Å²) in [6, 6.07) is 21.5. The first-order valence-electron chi connectivity index (χ1n) is 22.0. The molecule has 64 heavy (non-hydrogen) atoms. The molecule has 4 fully saturated rings. The van der Waals surface area contributed by atoms with Crippen molar-refractivity contribution in [2.24, 2.45) is 5.41 Å². The highest BCUT2D eigenvalue weighted by Gasteiger charge is 2.77. The fraction of sp³-hybridized carbons (Fsp3) is 0.490. The fourth-order valence-corrected chi connectivity index (χ4v) is 9.96. The van der Waals surface area contributed by atoms with Crippen LogP contribution < -0.4 is 5.32 Å². The molecule has 15 nitrogen and oxygen atoms in total. The van der Waals surface area contributed by atoms with E-state index in [9.17, 15) is 24.3 Å². The highest BCUT2D eigenvalue weighted by Crippen LogP contribution is 2.59. The molecule has 3 aromatic rings. The number of likely N-dealkylation sites (N-methyl/N-ethyl adjacent to an activating group) is 2. The topological polar surface area (TPSA) is 173 Å². The van der Waals surface area contributed by atoms with E-state index < -0.39 is 89.7 Å². The average molecular weight is 879 g/mol. The quantitative estimate of drug-likeness (QED) is 0.179. The van der Waals surface area contributed by atoms with E-state index in [2.05, 4.69) is 5.32 Å². The van der Waals surface area contributed by atoms with E-state index in [-0.39, 0.29) is 38.1 Å². The van der Waals surface area contributed by atoms with Crippen LogP contribution in [0.5, 0.6) is 0 Å². The Balaban J connectivity index is 1.14. The summed E-state index contributed by atoms with van der Waals surface area (Å²) in [5, 5.41) is 14.8. The Morgan fingerprint density at radius 3 is 2.27 bits per heavy atom. The van der Waals surface area contributed by atoms with Crippen LogP contribution in [0.15, 0.2) is 84.9 Å². The number of nitrogens with one attached hydrogen (secondary N) is 1. The van der Waals surface area contributed by atoms with Gasteiger partial charge in [0.1, 0.15) is 41.5 Å². The van der Waals surface area contributed by atoms with Crippen LogP contribution >= 0.6 is 0 Å². The monoisotopic (exact) mass is 878 g/mol. The van der Waals surface area contributed by atoms with Gasteiger partial charge in [-0.2, -0.15) is 5.06 Å². The van der Waals surface area contributed by atoms with Crippen molar-refractivity contribution in [2.45, 2.75) is 120 Å². The summed E-state index contributed by atoms with van der Waals surface area (Å²) in [4.78, 5) is 79.9. The minimum absolute atomic E-state index is 0.0366. The number of esters is 2.